The minimum atomic E-state index is -0.819. The van der Waals surface area contributed by atoms with Gasteiger partial charge in [0.15, 0.2) is 5.76 Å². The van der Waals surface area contributed by atoms with Crippen LogP contribution >= 0.6 is 0 Å². The lowest BCUT2D eigenvalue weighted by Crippen LogP contribution is -2.50. The summed E-state index contributed by atoms with van der Waals surface area (Å²) in [7, 11) is 2.02. The lowest BCUT2D eigenvalue weighted by Gasteiger charge is -2.31. The van der Waals surface area contributed by atoms with Crippen molar-refractivity contribution in [2.45, 2.75) is 43.8 Å². The molecule has 0 unspecified atom stereocenters. The first-order chi connectivity index (χ1) is 16.9. The van der Waals surface area contributed by atoms with Crippen molar-refractivity contribution in [1.82, 2.24) is 20.4 Å². The standard InChI is InChI=1S/C26H30FN5O3/c1-31-8-10-32(11-9-31)26(34)23-7-6-22(35-23)17-3-2-16(21(27)14-17)12-20(15-28)30-25(33)24-18-4-5-19(13-18)29-24/h2-3,6-7,14,18-20,24,29H,4-5,8-13H2,1H3,(H,30,33)/t18-,19+,20-,24-/m0/s1. The molecule has 3 fully saturated rings. The first-order valence-electron chi connectivity index (χ1n) is 12.2. The third kappa shape index (κ3) is 4.95. The summed E-state index contributed by atoms with van der Waals surface area (Å²) in [4.78, 5) is 29.3. The molecule has 1 aromatic carbocycles. The lowest BCUT2D eigenvalue weighted by atomic mass is 9.98. The molecular formula is C26H30FN5O3. The van der Waals surface area contributed by atoms with Crippen molar-refractivity contribution in [1.29, 1.82) is 5.26 Å². The number of nitriles is 1. The van der Waals surface area contributed by atoms with Gasteiger partial charge in [-0.1, -0.05) is 12.1 Å². The van der Waals surface area contributed by atoms with Crippen LogP contribution in [0.2, 0.25) is 0 Å². The van der Waals surface area contributed by atoms with Crippen LogP contribution in [0.1, 0.15) is 35.4 Å². The summed E-state index contributed by atoms with van der Waals surface area (Å²) < 4.78 is 20.7. The van der Waals surface area contributed by atoms with Crippen LogP contribution in [0.15, 0.2) is 34.7 Å². The Kier molecular flexibility index (Phi) is 6.58. The summed E-state index contributed by atoms with van der Waals surface area (Å²) >= 11 is 0. The van der Waals surface area contributed by atoms with Gasteiger partial charge in [-0.25, -0.2) is 4.39 Å². The predicted octanol–water partition coefficient (Wildman–Crippen LogP) is 2.16. The Labute approximate surface area is 204 Å². The van der Waals surface area contributed by atoms with Crippen LogP contribution in [0.5, 0.6) is 0 Å². The molecule has 1 aromatic heterocycles. The first-order valence-corrected chi connectivity index (χ1v) is 12.2. The van der Waals surface area contributed by atoms with Crippen LogP contribution in [0.3, 0.4) is 0 Å². The molecule has 184 valence electrons. The number of amides is 2. The maximum Gasteiger partial charge on any atom is 0.289 e. The number of piperidine rings is 1. The fourth-order valence-corrected chi connectivity index (χ4v) is 5.40. The van der Waals surface area contributed by atoms with Crippen molar-refractivity contribution in [2.24, 2.45) is 5.92 Å². The van der Waals surface area contributed by atoms with Gasteiger partial charge in [-0.15, -0.1) is 0 Å². The minimum absolute atomic E-state index is 0.0699. The second-order valence-corrected chi connectivity index (χ2v) is 9.87. The normalized spacial score (nSPS) is 24.8. The van der Waals surface area contributed by atoms with Crippen LogP contribution in [-0.2, 0) is 11.2 Å². The molecular weight excluding hydrogens is 449 g/mol. The van der Waals surface area contributed by atoms with Gasteiger partial charge in [-0.3, -0.25) is 9.59 Å². The summed E-state index contributed by atoms with van der Waals surface area (Å²) in [6.07, 6.45) is 3.19. The number of nitrogens with one attached hydrogen (secondary N) is 2. The number of fused-ring (bicyclic) bond motifs is 2. The van der Waals surface area contributed by atoms with Gasteiger partial charge in [-0.05, 0) is 56.0 Å². The molecule has 1 aliphatic carbocycles. The second kappa shape index (κ2) is 9.80. The SMILES string of the molecule is CN1CCN(C(=O)c2ccc(-c3ccc(C[C@@H](C#N)NC(=O)[C@H]4N[C@@H]5CC[C@H]4C5)c(F)c3)o2)CC1. The number of likely N-dealkylation sites (N-methyl/N-ethyl adjacent to an activating group) is 1. The van der Waals surface area contributed by atoms with Crippen LogP contribution in [-0.4, -0.2) is 73.0 Å². The lowest BCUT2D eigenvalue weighted by molar-refractivity contribution is -0.124. The van der Waals surface area contributed by atoms with Gasteiger partial charge in [-0.2, -0.15) is 5.26 Å². The number of benzene rings is 1. The first kappa shape index (κ1) is 23.5. The third-order valence-electron chi connectivity index (χ3n) is 7.48. The maximum absolute atomic E-state index is 14.9. The number of carbonyl (C=O) groups is 2. The Bertz CT molecular complexity index is 1150. The third-order valence-corrected chi connectivity index (χ3v) is 7.48. The zero-order chi connectivity index (χ0) is 24.5. The number of hydrogen-bond donors (Lipinski definition) is 2. The summed E-state index contributed by atoms with van der Waals surface area (Å²) in [5, 5.41) is 15.6. The molecule has 2 saturated heterocycles. The van der Waals surface area contributed by atoms with Crippen molar-refractivity contribution in [3.8, 4) is 17.4 Å². The Balaban J connectivity index is 1.22. The molecule has 2 bridgehead atoms. The van der Waals surface area contributed by atoms with E-state index in [4.69, 9.17) is 4.42 Å². The van der Waals surface area contributed by atoms with Crippen molar-refractivity contribution < 1.29 is 18.4 Å². The number of furan rings is 1. The number of carbonyl (C=O) groups excluding carboxylic acids is 2. The van der Waals surface area contributed by atoms with Gasteiger partial charge in [0.25, 0.3) is 5.91 Å². The summed E-state index contributed by atoms with van der Waals surface area (Å²) in [6, 6.07) is 9.31. The molecule has 0 spiro atoms. The molecule has 9 heteroatoms. The van der Waals surface area contributed by atoms with E-state index >= 15 is 0 Å². The molecule has 5 rings (SSSR count). The molecule has 8 nitrogen and oxygen atoms in total. The summed E-state index contributed by atoms with van der Waals surface area (Å²) in [5.41, 5.74) is 0.842. The Morgan fingerprint density at radius 1 is 1.23 bits per heavy atom. The Morgan fingerprint density at radius 3 is 2.69 bits per heavy atom. The highest BCUT2D eigenvalue weighted by atomic mass is 19.1. The van der Waals surface area contributed by atoms with Gasteiger partial charge in [0.2, 0.25) is 5.91 Å². The highest BCUT2D eigenvalue weighted by molar-refractivity contribution is 5.92. The van der Waals surface area contributed by atoms with E-state index in [1.807, 2.05) is 7.05 Å². The Hall–Kier alpha value is -3.22. The molecule has 1 saturated carbocycles. The quantitative estimate of drug-likeness (QED) is 0.659. The van der Waals surface area contributed by atoms with Crippen LogP contribution in [0, 0.1) is 23.1 Å². The average molecular weight is 480 g/mol. The van der Waals surface area contributed by atoms with Crippen LogP contribution in [0.4, 0.5) is 4.39 Å². The van der Waals surface area contributed by atoms with Gasteiger partial charge < -0.3 is 24.9 Å². The van der Waals surface area contributed by atoms with Crippen molar-refractivity contribution in [3.63, 3.8) is 0 Å². The molecule has 4 atom stereocenters. The van der Waals surface area contributed by atoms with E-state index in [-0.39, 0.29) is 30.0 Å². The van der Waals surface area contributed by atoms with Crippen molar-refractivity contribution in [2.75, 3.05) is 33.2 Å². The van der Waals surface area contributed by atoms with E-state index in [0.29, 0.717) is 41.9 Å². The molecule has 35 heavy (non-hydrogen) atoms. The summed E-state index contributed by atoms with van der Waals surface area (Å²) in [6.45, 7) is 2.91. The molecule has 2 N–H and O–H groups in total. The number of piperazine rings is 1. The number of nitrogens with zero attached hydrogens (tertiary/aromatic N) is 3. The zero-order valence-corrected chi connectivity index (χ0v) is 19.8. The zero-order valence-electron chi connectivity index (χ0n) is 19.8. The topological polar surface area (TPSA) is 102 Å². The molecule has 0 radical (unpaired) electrons. The monoisotopic (exact) mass is 479 g/mol. The van der Waals surface area contributed by atoms with Crippen LogP contribution in [0.25, 0.3) is 11.3 Å². The maximum atomic E-state index is 14.9. The predicted molar refractivity (Wildman–Crippen MR) is 127 cm³/mol. The average Bonchev–Trinajstić information content (AvgIpc) is 3.62. The minimum Gasteiger partial charge on any atom is -0.451 e. The molecule has 2 aromatic rings. The van der Waals surface area contributed by atoms with Gasteiger partial charge >= 0.3 is 0 Å². The van der Waals surface area contributed by atoms with Gasteiger partial charge in [0, 0.05) is 44.2 Å². The Morgan fingerprint density at radius 2 is 2.03 bits per heavy atom. The van der Waals surface area contributed by atoms with E-state index in [9.17, 15) is 19.2 Å². The molecule has 3 aliphatic rings. The van der Waals surface area contributed by atoms with Gasteiger partial charge in [0.1, 0.15) is 17.6 Å². The largest absolute Gasteiger partial charge is 0.451 e. The van der Waals surface area contributed by atoms with E-state index in [2.05, 4.69) is 21.6 Å². The smallest absolute Gasteiger partial charge is 0.289 e. The highest BCUT2D eigenvalue weighted by Gasteiger charge is 2.43. The molecule has 2 aliphatic heterocycles. The van der Waals surface area contributed by atoms with E-state index in [1.165, 1.54) is 6.07 Å². The fourth-order valence-electron chi connectivity index (χ4n) is 5.40. The van der Waals surface area contributed by atoms with Crippen molar-refractivity contribution >= 4 is 11.8 Å². The van der Waals surface area contributed by atoms with Crippen LogP contribution < -0.4 is 10.6 Å². The highest BCUT2D eigenvalue weighted by Crippen LogP contribution is 2.35. The molecule has 3 heterocycles. The molecule has 2 amide bonds. The summed E-state index contributed by atoms with van der Waals surface area (Å²) in [5.74, 6) is 0.110. The fraction of sp³-hybridized carbons (Fsp3) is 0.500. The van der Waals surface area contributed by atoms with E-state index in [0.717, 1.165) is 32.4 Å². The van der Waals surface area contributed by atoms with E-state index in [1.54, 1.807) is 29.2 Å². The number of hydrogen-bond acceptors (Lipinski definition) is 6. The van der Waals surface area contributed by atoms with E-state index < -0.39 is 11.9 Å². The number of halogens is 1. The second-order valence-electron chi connectivity index (χ2n) is 9.87. The van der Waals surface area contributed by atoms with Crippen molar-refractivity contribution in [3.05, 3.63) is 47.5 Å². The van der Waals surface area contributed by atoms with Gasteiger partial charge in [0.05, 0.1) is 12.1 Å². The number of rotatable bonds is 6.